The topological polar surface area (TPSA) is 72.5 Å². The third-order valence-corrected chi connectivity index (χ3v) is 7.44. The number of fused-ring (bicyclic) bond motifs is 1. The van der Waals surface area contributed by atoms with Gasteiger partial charge in [0.05, 0.1) is 34.0 Å². The second-order valence-corrected chi connectivity index (χ2v) is 10.0. The van der Waals surface area contributed by atoms with Crippen LogP contribution in [-0.2, 0) is 19.6 Å². The molecule has 0 unspecified atom stereocenters. The Morgan fingerprint density at radius 2 is 1.26 bits per heavy atom. The second-order valence-electron chi connectivity index (χ2n) is 10.0. The van der Waals surface area contributed by atoms with Gasteiger partial charge in [-0.05, 0) is 54.2 Å². The van der Waals surface area contributed by atoms with Crippen molar-refractivity contribution in [3.63, 3.8) is 0 Å². The van der Waals surface area contributed by atoms with E-state index in [1.807, 2.05) is 72.8 Å². The van der Waals surface area contributed by atoms with E-state index in [9.17, 15) is 4.79 Å². The lowest BCUT2D eigenvalue weighted by Crippen LogP contribution is -2.11. The third-order valence-electron chi connectivity index (χ3n) is 7.44. The molecule has 0 saturated carbocycles. The van der Waals surface area contributed by atoms with E-state index in [1.165, 1.54) is 0 Å². The van der Waals surface area contributed by atoms with Gasteiger partial charge in [0.2, 0.25) is 11.5 Å². The molecule has 0 heterocycles. The van der Waals surface area contributed by atoms with Crippen LogP contribution in [0.3, 0.4) is 0 Å². The summed E-state index contributed by atoms with van der Waals surface area (Å²) >= 11 is 0. The van der Waals surface area contributed by atoms with Gasteiger partial charge < -0.3 is 28.4 Å². The summed E-state index contributed by atoms with van der Waals surface area (Å²) in [5.74, 6) is 2.52. The molecule has 0 saturated heterocycles. The second kappa shape index (κ2) is 13.8. The zero-order valence-corrected chi connectivity index (χ0v) is 25.0. The number of hydrogen-bond donors (Lipinski definition) is 0. The lowest BCUT2D eigenvalue weighted by molar-refractivity contribution is 0.105. The molecular weight excluding hydrogens is 544 g/mol. The zero-order chi connectivity index (χ0) is 30.2. The fourth-order valence-electron chi connectivity index (χ4n) is 5.32. The van der Waals surface area contributed by atoms with E-state index in [1.54, 1.807) is 40.6 Å². The first-order chi connectivity index (χ1) is 21.1. The van der Waals surface area contributed by atoms with Crippen molar-refractivity contribution in [3.05, 3.63) is 113 Å². The molecule has 0 amide bonds. The Kier molecular flexibility index (Phi) is 9.52. The van der Waals surface area contributed by atoms with Crippen LogP contribution in [0.5, 0.6) is 34.5 Å². The number of carbonyl (C=O) groups excluding carboxylic acids is 1. The SMILES string of the molecule is COc1ccc(C(=O)C2=CCCCc3c2cc(OC)c(OC)c3OC)c(OCc2ccccc2)c1OCc1ccccc1. The molecule has 0 fully saturated rings. The fraction of sp³-hybridized carbons (Fsp3) is 0.250. The van der Waals surface area contributed by atoms with E-state index in [0.29, 0.717) is 45.6 Å². The highest BCUT2D eigenvalue weighted by Crippen LogP contribution is 2.48. The van der Waals surface area contributed by atoms with Crippen LogP contribution in [0.2, 0.25) is 0 Å². The Labute approximate surface area is 252 Å². The number of rotatable bonds is 12. The molecule has 5 rings (SSSR count). The van der Waals surface area contributed by atoms with Gasteiger partial charge in [0.1, 0.15) is 13.2 Å². The highest BCUT2D eigenvalue weighted by atomic mass is 16.5. The van der Waals surface area contributed by atoms with Crippen LogP contribution in [0.25, 0.3) is 5.57 Å². The Balaban J connectivity index is 1.62. The van der Waals surface area contributed by atoms with Gasteiger partial charge in [-0.25, -0.2) is 0 Å². The monoisotopic (exact) mass is 580 g/mol. The summed E-state index contributed by atoms with van der Waals surface area (Å²) in [7, 11) is 6.32. The van der Waals surface area contributed by atoms with E-state index in [2.05, 4.69) is 0 Å². The number of hydrogen-bond acceptors (Lipinski definition) is 7. The maximum absolute atomic E-state index is 14.6. The van der Waals surface area contributed by atoms with Crippen molar-refractivity contribution >= 4 is 11.4 Å². The van der Waals surface area contributed by atoms with E-state index >= 15 is 0 Å². The summed E-state index contributed by atoms with van der Waals surface area (Å²) in [5.41, 5.74) is 4.48. The van der Waals surface area contributed by atoms with Gasteiger partial charge in [-0.15, -0.1) is 0 Å². The molecule has 0 spiro atoms. The highest BCUT2D eigenvalue weighted by molar-refractivity contribution is 6.30. The third kappa shape index (κ3) is 6.31. The lowest BCUT2D eigenvalue weighted by Gasteiger charge is -2.21. The van der Waals surface area contributed by atoms with Crippen LogP contribution in [0.1, 0.15) is 45.5 Å². The number of allylic oxidation sites excluding steroid dienone is 2. The number of methoxy groups -OCH3 is 4. The number of carbonyl (C=O) groups is 1. The van der Waals surface area contributed by atoms with Crippen molar-refractivity contribution in [1.82, 2.24) is 0 Å². The van der Waals surface area contributed by atoms with Gasteiger partial charge in [-0.3, -0.25) is 4.79 Å². The Bertz CT molecular complexity index is 1590. The molecule has 222 valence electrons. The summed E-state index contributed by atoms with van der Waals surface area (Å²) in [6.45, 7) is 0.515. The van der Waals surface area contributed by atoms with Crippen LogP contribution in [0, 0.1) is 0 Å². The largest absolute Gasteiger partial charge is 0.493 e. The van der Waals surface area contributed by atoms with Gasteiger partial charge in [0.15, 0.2) is 28.8 Å². The molecule has 4 aromatic rings. The van der Waals surface area contributed by atoms with E-state index in [0.717, 1.165) is 41.5 Å². The van der Waals surface area contributed by atoms with Crippen molar-refractivity contribution in [3.8, 4) is 34.5 Å². The summed E-state index contributed by atoms with van der Waals surface area (Å²) in [6.07, 6.45) is 4.27. The Morgan fingerprint density at radius 3 is 1.84 bits per heavy atom. The molecule has 7 heteroatoms. The first-order valence-electron chi connectivity index (χ1n) is 14.2. The molecule has 0 N–H and O–H groups in total. The summed E-state index contributed by atoms with van der Waals surface area (Å²) in [4.78, 5) is 14.6. The number of ketones is 1. The first-order valence-corrected chi connectivity index (χ1v) is 14.2. The van der Waals surface area contributed by atoms with E-state index in [4.69, 9.17) is 28.4 Å². The van der Waals surface area contributed by atoms with Gasteiger partial charge >= 0.3 is 0 Å². The van der Waals surface area contributed by atoms with E-state index in [-0.39, 0.29) is 19.0 Å². The smallest absolute Gasteiger partial charge is 0.204 e. The Hall–Kier alpha value is -4.91. The molecule has 1 aliphatic carbocycles. The minimum atomic E-state index is -0.201. The molecule has 43 heavy (non-hydrogen) atoms. The van der Waals surface area contributed by atoms with Crippen molar-refractivity contribution in [2.75, 3.05) is 28.4 Å². The summed E-state index contributed by atoms with van der Waals surface area (Å²) in [6, 6.07) is 25.0. The van der Waals surface area contributed by atoms with Crippen LogP contribution in [0.15, 0.2) is 84.9 Å². The maximum Gasteiger partial charge on any atom is 0.204 e. The quantitative estimate of drug-likeness (QED) is 0.161. The molecule has 4 aromatic carbocycles. The standard InChI is InChI=1S/C36H36O7/c1-38-30-20-19-28(32(37)26-17-11-12-18-27-29(26)21-31(39-2)35(41-4)33(27)40-3)34(42-22-24-13-7-5-8-14-24)36(30)43-23-25-15-9-6-10-16-25/h5-10,13-17,19-21H,11-12,18,22-23H2,1-4H3. The average molecular weight is 581 g/mol. The molecule has 7 nitrogen and oxygen atoms in total. The normalized spacial score (nSPS) is 12.3. The number of Topliss-reactive ketones (excluding diaryl/α,β-unsaturated/α-hetero) is 1. The fourth-order valence-corrected chi connectivity index (χ4v) is 5.32. The summed E-state index contributed by atoms with van der Waals surface area (Å²) in [5, 5.41) is 0. The van der Waals surface area contributed by atoms with Crippen molar-refractivity contribution in [2.45, 2.75) is 32.5 Å². The van der Waals surface area contributed by atoms with Crippen molar-refractivity contribution < 1.29 is 33.2 Å². The molecule has 0 aromatic heterocycles. The van der Waals surface area contributed by atoms with Gasteiger partial charge in [-0.1, -0.05) is 66.7 Å². The van der Waals surface area contributed by atoms with Gasteiger partial charge in [0, 0.05) is 11.1 Å². The van der Waals surface area contributed by atoms with Crippen LogP contribution < -0.4 is 28.4 Å². The van der Waals surface area contributed by atoms with Gasteiger partial charge in [0.25, 0.3) is 0 Å². The number of benzene rings is 4. The molecular formula is C36H36O7. The van der Waals surface area contributed by atoms with E-state index < -0.39 is 0 Å². The zero-order valence-electron chi connectivity index (χ0n) is 25.0. The first kappa shape index (κ1) is 29.6. The molecule has 0 bridgehead atoms. The average Bonchev–Trinajstić information content (AvgIpc) is 3.28. The van der Waals surface area contributed by atoms with Crippen molar-refractivity contribution in [2.24, 2.45) is 0 Å². The molecule has 0 aliphatic heterocycles. The van der Waals surface area contributed by atoms with Crippen molar-refractivity contribution in [1.29, 1.82) is 0 Å². The van der Waals surface area contributed by atoms with Gasteiger partial charge in [-0.2, -0.15) is 0 Å². The lowest BCUT2D eigenvalue weighted by atomic mass is 9.91. The minimum absolute atomic E-state index is 0.201. The Morgan fingerprint density at radius 1 is 0.651 bits per heavy atom. The predicted molar refractivity (Wildman–Crippen MR) is 166 cm³/mol. The highest BCUT2D eigenvalue weighted by Gasteiger charge is 2.30. The van der Waals surface area contributed by atoms with Crippen LogP contribution in [-0.4, -0.2) is 34.2 Å². The number of ether oxygens (including phenoxy) is 6. The van der Waals surface area contributed by atoms with Crippen LogP contribution in [0.4, 0.5) is 0 Å². The van der Waals surface area contributed by atoms with Crippen LogP contribution >= 0.6 is 0 Å². The molecule has 1 aliphatic rings. The molecule has 0 radical (unpaired) electrons. The summed E-state index contributed by atoms with van der Waals surface area (Å²) < 4.78 is 35.5. The molecule has 0 atom stereocenters. The maximum atomic E-state index is 14.6. The minimum Gasteiger partial charge on any atom is -0.493 e. The predicted octanol–water partition coefficient (Wildman–Crippen LogP) is 7.48.